The van der Waals surface area contributed by atoms with Crippen LogP contribution in [0.5, 0.6) is 0 Å². The van der Waals surface area contributed by atoms with Crippen LogP contribution in [0.2, 0.25) is 5.02 Å². The van der Waals surface area contributed by atoms with Crippen molar-refractivity contribution >= 4 is 33.4 Å². The van der Waals surface area contributed by atoms with Crippen LogP contribution < -0.4 is 0 Å². The maximum atomic E-state index is 12.5. The maximum absolute atomic E-state index is 12.5. The summed E-state index contributed by atoms with van der Waals surface area (Å²) in [4.78, 5) is 14.5. The fraction of sp³-hybridized carbons (Fsp3) is 0.500. The Morgan fingerprint density at radius 1 is 1.39 bits per heavy atom. The second-order valence-electron chi connectivity index (χ2n) is 4.83. The number of carbonyl (C=O) groups is 1. The lowest BCUT2D eigenvalue weighted by Gasteiger charge is -2.27. The van der Waals surface area contributed by atoms with Crippen molar-refractivity contribution in [1.82, 2.24) is 4.90 Å². The van der Waals surface area contributed by atoms with Gasteiger partial charge < -0.3 is 4.90 Å². The first kappa shape index (κ1) is 13.9. The van der Waals surface area contributed by atoms with Gasteiger partial charge in [-0.3, -0.25) is 4.79 Å². The van der Waals surface area contributed by atoms with Crippen LogP contribution in [0.25, 0.3) is 0 Å². The van der Waals surface area contributed by atoms with Gasteiger partial charge in [0, 0.05) is 22.6 Å². The lowest BCUT2D eigenvalue weighted by Crippen LogP contribution is -2.38. The average Bonchev–Trinajstić information content (AvgIpc) is 2.56. The quantitative estimate of drug-likeness (QED) is 0.742. The molecule has 1 aliphatic rings. The van der Waals surface area contributed by atoms with Crippen molar-refractivity contribution in [2.24, 2.45) is 0 Å². The molecule has 98 valence electrons. The van der Waals surface area contributed by atoms with E-state index < -0.39 is 0 Å². The molecule has 1 amide bonds. The number of carbonyl (C=O) groups excluding carboxylic acids is 1. The number of hydrogen-bond donors (Lipinski definition) is 0. The third-order valence-electron chi connectivity index (χ3n) is 3.48. The van der Waals surface area contributed by atoms with Gasteiger partial charge in [-0.15, -0.1) is 0 Å². The van der Waals surface area contributed by atoms with Crippen LogP contribution in [0.1, 0.15) is 43.0 Å². The smallest absolute Gasteiger partial charge is 0.254 e. The summed E-state index contributed by atoms with van der Waals surface area (Å²) in [5.41, 5.74) is 0.708. The minimum atomic E-state index is 0.113. The molecule has 1 aliphatic heterocycles. The second kappa shape index (κ2) is 6.07. The molecule has 18 heavy (non-hydrogen) atoms. The number of rotatable bonds is 1. The Kier molecular flexibility index (Phi) is 4.68. The zero-order valence-electron chi connectivity index (χ0n) is 10.5. The molecule has 1 fully saturated rings. The third kappa shape index (κ3) is 3.07. The van der Waals surface area contributed by atoms with E-state index >= 15 is 0 Å². The molecule has 1 atom stereocenters. The molecule has 1 saturated heterocycles. The Labute approximate surface area is 121 Å². The van der Waals surface area contributed by atoms with Gasteiger partial charge in [-0.2, -0.15) is 0 Å². The van der Waals surface area contributed by atoms with E-state index in [1.165, 1.54) is 12.8 Å². The molecule has 0 radical (unpaired) electrons. The van der Waals surface area contributed by atoms with Gasteiger partial charge in [-0.1, -0.05) is 24.4 Å². The van der Waals surface area contributed by atoms with Crippen molar-refractivity contribution in [2.75, 3.05) is 6.54 Å². The standard InChI is InChI=1S/C14H17BrClNO/c1-10-5-3-2-4-8-17(10)14(18)11-6-7-13(16)12(15)9-11/h6-7,9-10H,2-5,8H2,1H3. The predicted molar refractivity (Wildman–Crippen MR) is 78.1 cm³/mol. The molecule has 1 aromatic rings. The van der Waals surface area contributed by atoms with E-state index in [0.29, 0.717) is 16.6 Å². The number of amides is 1. The first-order valence-corrected chi connectivity index (χ1v) is 7.52. The highest BCUT2D eigenvalue weighted by atomic mass is 79.9. The SMILES string of the molecule is CC1CCCCCN1C(=O)c1ccc(Cl)c(Br)c1. The molecule has 2 nitrogen and oxygen atoms in total. The van der Waals surface area contributed by atoms with Crippen LogP contribution in [-0.4, -0.2) is 23.4 Å². The third-order valence-corrected chi connectivity index (χ3v) is 4.69. The molecule has 0 aromatic heterocycles. The van der Waals surface area contributed by atoms with Crippen LogP contribution in [0.3, 0.4) is 0 Å². The van der Waals surface area contributed by atoms with Gasteiger partial charge in [0.15, 0.2) is 0 Å². The highest BCUT2D eigenvalue weighted by Crippen LogP contribution is 2.25. The normalized spacial score (nSPS) is 20.6. The van der Waals surface area contributed by atoms with Gasteiger partial charge in [0.2, 0.25) is 0 Å². The first-order chi connectivity index (χ1) is 8.59. The largest absolute Gasteiger partial charge is 0.336 e. The van der Waals surface area contributed by atoms with E-state index in [1.807, 2.05) is 11.0 Å². The molecule has 0 N–H and O–H groups in total. The van der Waals surface area contributed by atoms with Crippen LogP contribution in [0, 0.1) is 0 Å². The molecule has 2 rings (SSSR count). The molecule has 4 heteroatoms. The molecule has 1 heterocycles. The number of likely N-dealkylation sites (tertiary alicyclic amines) is 1. The summed E-state index contributed by atoms with van der Waals surface area (Å²) in [6.07, 6.45) is 4.64. The molecule has 0 aliphatic carbocycles. The molecular weight excluding hydrogens is 314 g/mol. The Morgan fingerprint density at radius 2 is 2.17 bits per heavy atom. The van der Waals surface area contributed by atoms with Crippen LogP contribution >= 0.6 is 27.5 Å². The summed E-state index contributed by atoms with van der Waals surface area (Å²) in [6, 6.07) is 5.70. The van der Waals surface area contributed by atoms with Crippen molar-refractivity contribution in [2.45, 2.75) is 38.6 Å². The van der Waals surface area contributed by atoms with Crippen molar-refractivity contribution in [3.63, 3.8) is 0 Å². The van der Waals surface area contributed by atoms with Gasteiger partial charge in [0.25, 0.3) is 5.91 Å². The zero-order valence-corrected chi connectivity index (χ0v) is 12.8. The molecule has 1 unspecified atom stereocenters. The molecule has 0 spiro atoms. The summed E-state index contributed by atoms with van der Waals surface area (Å²) in [7, 11) is 0. The lowest BCUT2D eigenvalue weighted by atomic mass is 10.1. The van der Waals surface area contributed by atoms with Crippen molar-refractivity contribution < 1.29 is 4.79 Å². The molecule has 1 aromatic carbocycles. The maximum Gasteiger partial charge on any atom is 0.254 e. The van der Waals surface area contributed by atoms with Crippen molar-refractivity contribution in [1.29, 1.82) is 0 Å². The lowest BCUT2D eigenvalue weighted by molar-refractivity contribution is 0.0698. The van der Waals surface area contributed by atoms with Crippen LogP contribution in [0.4, 0.5) is 0 Å². The number of halogens is 2. The first-order valence-electron chi connectivity index (χ1n) is 6.35. The van der Waals surface area contributed by atoms with Gasteiger partial charge in [-0.25, -0.2) is 0 Å². The topological polar surface area (TPSA) is 20.3 Å². The van der Waals surface area contributed by atoms with Crippen LogP contribution in [-0.2, 0) is 0 Å². The average molecular weight is 331 g/mol. The monoisotopic (exact) mass is 329 g/mol. The van der Waals surface area contributed by atoms with Gasteiger partial charge in [-0.05, 0) is 53.9 Å². The zero-order chi connectivity index (χ0) is 13.1. The van der Waals surface area contributed by atoms with Gasteiger partial charge in [0.1, 0.15) is 0 Å². The summed E-state index contributed by atoms with van der Waals surface area (Å²) in [5, 5.41) is 0.635. The van der Waals surface area contributed by atoms with Crippen LogP contribution in [0.15, 0.2) is 22.7 Å². The fourth-order valence-corrected chi connectivity index (χ4v) is 2.87. The summed E-state index contributed by atoms with van der Waals surface area (Å²) in [6.45, 7) is 2.99. The molecular formula is C14H17BrClNO. The summed E-state index contributed by atoms with van der Waals surface area (Å²) in [5.74, 6) is 0.113. The Hall–Kier alpha value is -0.540. The minimum Gasteiger partial charge on any atom is -0.336 e. The predicted octanol–water partition coefficient (Wildman–Crippen LogP) is 4.51. The van der Waals surface area contributed by atoms with Gasteiger partial charge >= 0.3 is 0 Å². The minimum absolute atomic E-state index is 0.113. The van der Waals surface area contributed by atoms with E-state index in [-0.39, 0.29) is 5.91 Å². The highest BCUT2D eigenvalue weighted by molar-refractivity contribution is 9.10. The summed E-state index contributed by atoms with van der Waals surface area (Å²) >= 11 is 9.32. The van der Waals surface area contributed by atoms with E-state index in [2.05, 4.69) is 22.9 Å². The number of nitrogens with zero attached hydrogens (tertiary/aromatic N) is 1. The van der Waals surface area contributed by atoms with E-state index in [0.717, 1.165) is 23.9 Å². The summed E-state index contributed by atoms with van der Waals surface area (Å²) < 4.78 is 0.775. The van der Waals surface area contributed by atoms with Crippen molar-refractivity contribution in [3.8, 4) is 0 Å². The molecule has 0 bridgehead atoms. The van der Waals surface area contributed by atoms with Gasteiger partial charge in [0.05, 0.1) is 5.02 Å². The number of benzene rings is 1. The van der Waals surface area contributed by atoms with E-state index in [4.69, 9.17) is 11.6 Å². The Balaban J connectivity index is 2.21. The molecule has 0 saturated carbocycles. The van der Waals surface area contributed by atoms with E-state index in [9.17, 15) is 4.79 Å². The Morgan fingerprint density at radius 3 is 2.89 bits per heavy atom. The van der Waals surface area contributed by atoms with E-state index in [1.54, 1.807) is 12.1 Å². The number of hydrogen-bond acceptors (Lipinski definition) is 1. The second-order valence-corrected chi connectivity index (χ2v) is 6.09. The highest BCUT2D eigenvalue weighted by Gasteiger charge is 2.23. The Bertz CT molecular complexity index is 449. The van der Waals surface area contributed by atoms with Crippen molar-refractivity contribution in [3.05, 3.63) is 33.3 Å². The fourth-order valence-electron chi connectivity index (χ4n) is 2.37.